The molecule has 0 spiro atoms. The van der Waals surface area contributed by atoms with Gasteiger partial charge in [0.2, 0.25) is 0 Å². The van der Waals surface area contributed by atoms with Crippen LogP contribution in [0.15, 0.2) is 35.2 Å². The molecule has 0 aliphatic rings. The van der Waals surface area contributed by atoms with E-state index in [1.165, 1.54) is 24.3 Å². The predicted molar refractivity (Wildman–Crippen MR) is 88.1 cm³/mol. The minimum absolute atomic E-state index is 0.0972. The van der Waals surface area contributed by atoms with Gasteiger partial charge in [-0.25, -0.2) is 8.42 Å². The van der Waals surface area contributed by atoms with Crippen molar-refractivity contribution in [2.75, 3.05) is 10.5 Å². The molecule has 4 nitrogen and oxygen atoms in total. The Morgan fingerprint density at radius 2 is 1.48 bits per heavy atom. The first-order valence-corrected chi connectivity index (χ1v) is 8.42. The van der Waals surface area contributed by atoms with Crippen molar-refractivity contribution in [3.8, 4) is 0 Å². The van der Waals surface area contributed by atoms with Crippen LogP contribution in [0.4, 0.5) is 11.4 Å². The van der Waals surface area contributed by atoms with E-state index in [1.807, 2.05) is 0 Å². The molecule has 0 radical (unpaired) electrons. The molecular weight excluding hydrogens is 378 g/mol. The van der Waals surface area contributed by atoms with Crippen molar-refractivity contribution in [3.63, 3.8) is 0 Å². The molecule has 0 saturated heterocycles. The summed E-state index contributed by atoms with van der Waals surface area (Å²) in [5, 5.41) is 0.222. The summed E-state index contributed by atoms with van der Waals surface area (Å²) >= 11 is 23.5. The van der Waals surface area contributed by atoms with Crippen LogP contribution in [0.1, 0.15) is 0 Å². The standard InChI is InChI=1S/C12H8Cl4N2O2S/c13-6-3-9(15)12(10(16)4-6)21(19,20)18-11-5-7(17)1-2-8(11)14/h1-5,18H,17H2. The van der Waals surface area contributed by atoms with E-state index in [2.05, 4.69) is 4.72 Å². The maximum Gasteiger partial charge on any atom is 0.264 e. The lowest BCUT2D eigenvalue weighted by atomic mass is 10.3. The number of hydrogen-bond donors (Lipinski definition) is 2. The molecule has 112 valence electrons. The van der Waals surface area contributed by atoms with Crippen molar-refractivity contribution in [2.24, 2.45) is 0 Å². The second-order valence-corrected chi connectivity index (χ2v) is 7.32. The normalized spacial score (nSPS) is 11.4. The molecule has 0 atom stereocenters. The van der Waals surface area contributed by atoms with Crippen LogP contribution in [0.5, 0.6) is 0 Å². The summed E-state index contributed by atoms with van der Waals surface area (Å²) in [7, 11) is -4.04. The number of benzene rings is 2. The van der Waals surface area contributed by atoms with Crippen LogP contribution in [0.2, 0.25) is 20.1 Å². The first-order valence-electron chi connectivity index (χ1n) is 5.43. The molecule has 0 unspecified atom stereocenters. The SMILES string of the molecule is Nc1ccc(Cl)c(NS(=O)(=O)c2c(Cl)cc(Cl)cc2Cl)c1. The first-order chi connectivity index (χ1) is 9.70. The van der Waals surface area contributed by atoms with E-state index in [0.29, 0.717) is 5.69 Å². The molecule has 0 aromatic heterocycles. The minimum atomic E-state index is -4.04. The molecule has 0 amide bonds. The Morgan fingerprint density at radius 1 is 0.905 bits per heavy atom. The molecular formula is C12H8Cl4N2O2S. The second kappa shape index (κ2) is 6.10. The lowest BCUT2D eigenvalue weighted by Gasteiger charge is -2.13. The van der Waals surface area contributed by atoms with Gasteiger partial charge in [0.25, 0.3) is 10.0 Å². The Morgan fingerprint density at radius 3 is 2.05 bits per heavy atom. The average Bonchev–Trinajstić information content (AvgIpc) is 2.31. The number of nitrogens with two attached hydrogens (primary N) is 1. The fourth-order valence-electron chi connectivity index (χ4n) is 1.60. The lowest BCUT2D eigenvalue weighted by Crippen LogP contribution is -2.14. The zero-order chi connectivity index (χ0) is 15.8. The van der Waals surface area contributed by atoms with Gasteiger partial charge < -0.3 is 5.73 Å². The van der Waals surface area contributed by atoms with Gasteiger partial charge in [0, 0.05) is 10.7 Å². The fourth-order valence-corrected chi connectivity index (χ4v) is 4.44. The van der Waals surface area contributed by atoms with Crippen LogP contribution >= 0.6 is 46.4 Å². The van der Waals surface area contributed by atoms with Crippen molar-refractivity contribution in [1.29, 1.82) is 0 Å². The monoisotopic (exact) mass is 384 g/mol. The number of sulfonamides is 1. The topological polar surface area (TPSA) is 72.2 Å². The van der Waals surface area contributed by atoms with Gasteiger partial charge in [-0.1, -0.05) is 46.4 Å². The molecule has 3 N–H and O–H groups in total. The highest BCUT2D eigenvalue weighted by molar-refractivity contribution is 7.93. The Balaban J connectivity index is 2.51. The largest absolute Gasteiger partial charge is 0.399 e. The Hall–Kier alpha value is -0.850. The van der Waals surface area contributed by atoms with E-state index in [0.717, 1.165) is 0 Å². The quantitative estimate of drug-likeness (QED) is 0.753. The summed E-state index contributed by atoms with van der Waals surface area (Å²) in [5.74, 6) is 0. The van der Waals surface area contributed by atoms with Gasteiger partial charge in [0.05, 0.1) is 20.8 Å². The molecule has 21 heavy (non-hydrogen) atoms. The molecule has 9 heteroatoms. The molecule has 0 heterocycles. The van der Waals surface area contributed by atoms with Crippen molar-refractivity contribution in [3.05, 3.63) is 50.4 Å². The third-order valence-corrected chi connectivity index (χ3v) is 5.30. The van der Waals surface area contributed by atoms with Crippen molar-refractivity contribution in [2.45, 2.75) is 4.90 Å². The maximum atomic E-state index is 12.4. The summed E-state index contributed by atoms with van der Waals surface area (Å²) < 4.78 is 27.1. The summed E-state index contributed by atoms with van der Waals surface area (Å²) in [6.07, 6.45) is 0. The summed E-state index contributed by atoms with van der Waals surface area (Å²) in [5.41, 5.74) is 6.08. The predicted octanol–water partition coefficient (Wildman–Crippen LogP) is 4.68. The van der Waals surface area contributed by atoms with Gasteiger partial charge >= 0.3 is 0 Å². The smallest absolute Gasteiger partial charge is 0.264 e. The van der Waals surface area contributed by atoms with Crippen LogP contribution in [0, 0.1) is 0 Å². The highest BCUT2D eigenvalue weighted by Crippen LogP contribution is 2.35. The molecule has 0 aliphatic carbocycles. The van der Waals surface area contributed by atoms with Crippen LogP contribution in [0.25, 0.3) is 0 Å². The summed E-state index contributed by atoms with van der Waals surface area (Å²) in [6.45, 7) is 0. The van der Waals surface area contributed by atoms with E-state index in [1.54, 1.807) is 6.07 Å². The van der Waals surface area contributed by atoms with Crippen LogP contribution in [0.3, 0.4) is 0 Å². The number of halogens is 4. The summed E-state index contributed by atoms with van der Waals surface area (Å²) in [6, 6.07) is 6.97. The fraction of sp³-hybridized carbons (Fsp3) is 0. The molecule has 0 aliphatic heterocycles. The van der Waals surface area contributed by atoms with Gasteiger partial charge in [-0.05, 0) is 30.3 Å². The first kappa shape index (κ1) is 16.5. The molecule has 2 aromatic rings. The molecule has 2 rings (SSSR count). The molecule has 2 aromatic carbocycles. The Kier molecular flexibility index (Phi) is 4.80. The molecule has 0 saturated carbocycles. The van der Waals surface area contributed by atoms with Crippen molar-refractivity contribution in [1.82, 2.24) is 0 Å². The molecule has 0 fully saturated rings. The van der Waals surface area contributed by atoms with Crippen LogP contribution in [-0.4, -0.2) is 8.42 Å². The highest BCUT2D eigenvalue weighted by Gasteiger charge is 2.23. The third-order valence-electron chi connectivity index (χ3n) is 2.47. The van der Waals surface area contributed by atoms with E-state index >= 15 is 0 Å². The Labute approximate surface area is 141 Å². The number of anilines is 2. The van der Waals surface area contributed by atoms with Gasteiger partial charge in [-0.15, -0.1) is 0 Å². The van der Waals surface area contributed by atoms with Gasteiger partial charge in [-0.3, -0.25) is 4.72 Å². The zero-order valence-electron chi connectivity index (χ0n) is 10.2. The summed E-state index contributed by atoms with van der Waals surface area (Å²) in [4.78, 5) is -0.284. The van der Waals surface area contributed by atoms with Gasteiger partial charge in [0.1, 0.15) is 4.90 Å². The average molecular weight is 386 g/mol. The van der Waals surface area contributed by atoms with Crippen molar-refractivity contribution < 1.29 is 8.42 Å². The zero-order valence-corrected chi connectivity index (χ0v) is 14.0. The lowest BCUT2D eigenvalue weighted by molar-refractivity contribution is 0.601. The van der Waals surface area contributed by atoms with Crippen LogP contribution in [-0.2, 0) is 10.0 Å². The Bertz CT molecular complexity index is 786. The third kappa shape index (κ3) is 3.67. The van der Waals surface area contributed by atoms with Gasteiger partial charge in [0.15, 0.2) is 0 Å². The number of hydrogen-bond acceptors (Lipinski definition) is 3. The van der Waals surface area contributed by atoms with Crippen LogP contribution < -0.4 is 10.5 Å². The number of nitrogen functional groups attached to an aromatic ring is 1. The van der Waals surface area contributed by atoms with Gasteiger partial charge in [-0.2, -0.15) is 0 Å². The van der Waals surface area contributed by atoms with E-state index in [-0.39, 0.29) is 30.7 Å². The van der Waals surface area contributed by atoms with Crippen molar-refractivity contribution >= 4 is 67.8 Å². The minimum Gasteiger partial charge on any atom is -0.399 e. The number of nitrogens with one attached hydrogen (secondary N) is 1. The highest BCUT2D eigenvalue weighted by atomic mass is 35.5. The number of rotatable bonds is 3. The molecule has 0 bridgehead atoms. The van der Waals surface area contributed by atoms with E-state index in [4.69, 9.17) is 52.1 Å². The van der Waals surface area contributed by atoms with E-state index in [9.17, 15) is 8.42 Å². The maximum absolute atomic E-state index is 12.4. The second-order valence-electron chi connectivity index (χ2n) is 4.04. The van der Waals surface area contributed by atoms with E-state index < -0.39 is 10.0 Å².